The Kier molecular flexibility index (Phi) is 4.62. The molecule has 0 bridgehead atoms. The number of fused-ring (bicyclic) bond motifs is 1. The van der Waals surface area contributed by atoms with Gasteiger partial charge >= 0.3 is 0 Å². The molecule has 27 heavy (non-hydrogen) atoms. The van der Waals surface area contributed by atoms with Gasteiger partial charge in [0.1, 0.15) is 5.52 Å². The van der Waals surface area contributed by atoms with Crippen molar-refractivity contribution < 1.29 is 14.3 Å². The number of imidazole rings is 1. The number of rotatable bonds is 6. The Hall–Kier alpha value is -3.16. The number of aryl methyl sites for hydroxylation is 1. The molecule has 4 heterocycles. The summed E-state index contributed by atoms with van der Waals surface area (Å²) >= 11 is 0. The average molecular weight is 367 g/mol. The molecule has 1 atom stereocenters. The van der Waals surface area contributed by atoms with Crippen LogP contribution >= 0.6 is 0 Å². The molecule has 140 valence electrons. The van der Waals surface area contributed by atoms with Crippen LogP contribution in [-0.2, 0) is 11.8 Å². The van der Waals surface area contributed by atoms with Gasteiger partial charge in [-0.15, -0.1) is 0 Å². The maximum atomic E-state index is 11.3. The molecule has 1 N–H and O–H groups in total. The second kappa shape index (κ2) is 7.22. The number of nitrogens with zero attached hydrogens (tertiary/aromatic N) is 4. The highest BCUT2D eigenvalue weighted by Gasteiger charge is 2.21. The molecule has 1 saturated heterocycles. The maximum absolute atomic E-state index is 11.3. The molecule has 4 rings (SSSR count). The third-order valence-corrected chi connectivity index (χ3v) is 4.73. The fourth-order valence-electron chi connectivity index (χ4n) is 3.23. The van der Waals surface area contributed by atoms with Crippen molar-refractivity contribution in [3.05, 3.63) is 30.7 Å². The van der Waals surface area contributed by atoms with Gasteiger partial charge in [-0.25, -0.2) is 15.0 Å². The van der Waals surface area contributed by atoms with Gasteiger partial charge in [0.05, 0.1) is 31.3 Å². The van der Waals surface area contributed by atoms with Crippen LogP contribution in [0.3, 0.4) is 0 Å². The zero-order valence-corrected chi connectivity index (χ0v) is 15.3. The van der Waals surface area contributed by atoms with E-state index in [2.05, 4.69) is 15.3 Å². The molecule has 1 fully saturated rings. The fraction of sp³-hybridized carbons (Fsp3) is 0.368. The normalized spacial score (nSPS) is 16.5. The standard InChI is InChI=1S/C19H21N5O3/c1-24-11-22-15-8-14(13-3-4-17(26-2)21-10-13)23-19(18(15)24)27-6-5-12-7-16(25)20-9-12/h3-4,8,10-12H,5-7,9H2,1-2H3,(H,20,25)/t12-/m1/s1. The SMILES string of the molecule is COc1ccc(-c2cc3ncn(C)c3c(OCC[C@H]3CNC(=O)C3)n2)cn1. The number of hydrogen-bond acceptors (Lipinski definition) is 6. The van der Waals surface area contributed by atoms with E-state index in [0.717, 1.165) is 28.7 Å². The van der Waals surface area contributed by atoms with Crippen LogP contribution in [0.15, 0.2) is 30.7 Å². The average Bonchev–Trinajstić information content (AvgIpc) is 3.27. The van der Waals surface area contributed by atoms with Gasteiger partial charge in [0, 0.05) is 37.8 Å². The highest BCUT2D eigenvalue weighted by atomic mass is 16.5. The zero-order valence-electron chi connectivity index (χ0n) is 15.3. The number of carbonyl (C=O) groups excluding carboxylic acids is 1. The maximum Gasteiger partial charge on any atom is 0.240 e. The molecule has 0 aliphatic carbocycles. The number of aromatic nitrogens is 4. The van der Waals surface area contributed by atoms with Crippen molar-refractivity contribution in [2.75, 3.05) is 20.3 Å². The van der Waals surface area contributed by atoms with Crippen LogP contribution in [0.5, 0.6) is 11.8 Å². The Labute approximate surface area is 156 Å². The van der Waals surface area contributed by atoms with Crippen LogP contribution in [0.2, 0.25) is 0 Å². The van der Waals surface area contributed by atoms with E-state index in [-0.39, 0.29) is 5.91 Å². The Bertz CT molecular complexity index is 967. The molecule has 0 unspecified atom stereocenters. The quantitative estimate of drug-likeness (QED) is 0.716. The first-order chi connectivity index (χ1) is 13.1. The molecule has 1 aliphatic rings. The predicted octanol–water partition coefficient (Wildman–Crippen LogP) is 1.94. The monoisotopic (exact) mass is 367 g/mol. The Morgan fingerprint density at radius 2 is 2.22 bits per heavy atom. The van der Waals surface area contributed by atoms with Crippen LogP contribution < -0.4 is 14.8 Å². The minimum absolute atomic E-state index is 0.112. The first-order valence-electron chi connectivity index (χ1n) is 8.86. The third-order valence-electron chi connectivity index (χ3n) is 4.73. The van der Waals surface area contributed by atoms with Crippen molar-refractivity contribution in [2.24, 2.45) is 13.0 Å². The van der Waals surface area contributed by atoms with E-state index >= 15 is 0 Å². The summed E-state index contributed by atoms with van der Waals surface area (Å²) in [5, 5.41) is 2.85. The lowest BCUT2D eigenvalue weighted by Crippen LogP contribution is -2.14. The van der Waals surface area contributed by atoms with Gasteiger partial charge in [0.2, 0.25) is 17.7 Å². The molecule has 3 aromatic heterocycles. The van der Waals surface area contributed by atoms with Crippen molar-refractivity contribution in [1.82, 2.24) is 24.8 Å². The van der Waals surface area contributed by atoms with Gasteiger partial charge < -0.3 is 19.4 Å². The van der Waals surface area contributed by atoms with Crippen molar-refractivity contribution in [1.29, 1.82) is 0 Å². The lowest BCUT2D eigenvalue weighted by molar-refractivity contribution is -0.119. The number of ether oxygens (including phenoxy) is 2. The molecule has 8 heteroatoms. The van der Waals surface area contributed by atoms with E-state index < -0.39 is 0 Å². The molecule has 0 saturated carbocycles. The van der Waals surface area contributed by atoms with Gasteiger partial charge in [0.15, 0.2) is 0 Å². The Balaban J connectivity index is 1.59. The lowest BCUT2D eigenvalue weighted by atomic mass is 10.1. The lowest BCUT2D eigenvalue weighted by Gasteiger charge is -2.12. The van der Waals surface area contributed by atoms with Gasteiger partial charge in [-0.05, 0) is 24.5 Å². The summed E-state index contributed by atoms with van der Waals surface area (Å²) in [6, 6.07) is 5.62. The number of methoxy groups -OCH3 is 1. The second-order valence-corrected chi connectivity index (χ2v) is 6.64. The predicted molar refractivity (Wildman–Crippen MR) is 99.5 cm³/mol. The van der Waals surface area contributed by atoms with Gasteiger partial charge in [-0.3, -0.25) is 4.79 Å². The summed E-state index contributed by atoms with van der Waals surface area (Å²) in [5.41, 5.74) is 3.26. The van der Waals surface area contributed by atoms with E-state index in [1.54, 1.807) is 25.7 Å². The minimum Gasteiger partial charge on any atom is -0.481 e. The summed E-state index contributed by atoms with van der Waals surface area (Å²) in [6.45, 7) is 1.21. The topological polar surface area (TPSA) is 91.2 Å². The molecule has 0 aromatic carbocycles. The molecule has 1 amide bonds. The van der Waals surface area contributed by atoms with Gasteiger partial charge in [0.25, 0.3) is 0 Å². The number of carbonyl (C=O) groups is 1. The Morgan fingerprint density at radius 3 is 2.93 bits per heavy atom. The molecule has 1 aliphatic heterocycles. The molecule has 0 spiro atoms. The van der Waals surface area contributed by atoms with Crippen LogP contribution in [0.4, 0.5) is 0 Å². The van der Waals surface area contributed by atoms with Crippen molar-refractivity contribution >= 4 is 16.9 Å². The number of amides is 1. The molecule has 0 radical (unpaired) electrons. The molecule has 8 nitrogen and oxygen atoms in total. The first kappa shape index (κ1) is 17.3. The summed E-state index contributed by atoms with van der Waals surface area (Å²) in [4.78, 5) is 24.7. The summed E-state index contributed by atoms with van der Waals surface area (Å²) in [6.07, 6.45) is 4.83. The zero-order chi connectivity index (χ0) is 18.8. The highest BCUT2D eigenvalue weighted by molar-refractivity contribution is 5.84. The van der Waals surface area contributed by atoms with Crippen molar-refractivity contribution in [3.63, 3.8) is 0 Å². The smallest absolute Gasteiger partial charge is 0.240 e. The minimum atomic E-state index is 0.112. The second-order valence-electron chi connectivity index (χ2n) is 6.64. The van der Waals surface area contributed by atoms with E-state index in [4.69, 9.17) is 14.5 Å². The van der Waals surface area contributed by atoms with Crippen LogP contribution in [0.1, 0.15) is 12.8 Å². The Morgan fingerprint density at radius 1 is 1.33 bits per heavy atom. The molecule has 3 aromatic rings. The fourth-order valence-corrected chi connectivity index (χ4v) is 3.23. The van der Waals surface area contributed by atoms with Crippen LogP contribution in [0, 0.1) is 5.92 Å². The van der Waals surface area contributed by atoms with E-state index in [9.17, 15) is 4.79 Å². The van der Waals surface area contributed by atoms with Crippen molar-refractivity contribution in [2.45, 2.75) is 12.8 Å². The summed E-state index contributed by atoms with van der Waals surface area (Å²) in [7, 11) is 3.50. The largest absolute Gasteiger partial charge is 0.481 e. The van der Waals surface area contributed by atoms with Gasteiger partial charge in [-0.2, -0.15) is 0 Å². The number of pyridine rings is 2. The van der Waals surface area contributed by atoms with E-state index in [0.29, 0.717) is 37.3 Å². The van der Waals surface area contributed by atoms with Crippen LogP contribution in [0.25, 0.3) is 22.3 Å². The third kappa shape index (κ3) is 3.55. The number of hydrogen-bond donors (Lipinski definition) is 1. The van der Waals surface area contributed by atoms with E-state index in [1.807, 2.05) is 23.7 Å². The molecular formula is C19H21N5O3. The molecular weight excluding hydrogens is 346 g/mol. The highest BCUT2D eigenvalue weighted by Crippen LogP contribution is 2.29. The first-order valence-corrected chi connectivity index (χ1v) is 8.86. The summed E-state index contributed by atoms with van der Waals surface area (Å²) in [5.74, 6) is 1.51. The van der Waals surface area contributed by atoms with E-state index in [1.165, 1.54) is 0 Å². The summed E-state index contributed by atoms with van der Waals surface area (Å²) < 4.78 is 13.0. The van der Waals surface area contributed by atoms with Crippen LogP contribution in [-0.4, -0.2) is 45.7 Å². The number of nitrogens with one attached hydrogen (secondary N) is 1. The van der Waals surface area contributed by atoms with Crippen molar-refractivity contribution in [3.8, 4) is 23.0 Å². The van der Waals surface area contributed by atoms with Gasteiger partial charge in [-0.1, -0.05) is 0 Å².